The van der Waals surface area contributed by atoms with E-state index in [1.807, 2.05) is 6.07 Å². The monoisotopic (exact) mass is 431 g/mol. The first-order valence-electron chi connectivity index (χ1n) is 11.4. The molecular weight excluding hydrogens is 402 g/mol. The summed E-state index contributed by atoms with van der Waals surface area (Å²) in [6.45, 7) is 5.24. The molecule has 0 aliphatic carbocycles. The number of aromatic nitrogens is 3. The molecule has 32 heavy (non-hydrogen) atoms. The molecule has 5 rings (SSSR count). The molecule has 7 nitrogen and oxygen atoms in total. The normalized spacial score (nSPS) is 18.8. The summed E-state index contributed by atoms with van der Waals surface area (Å²) >= 11 is 0. The Morgan fingerprint density at radius 2 is 1.81 bits per heavy atom. The van der Waals surface area contributed by atoms with Gasteiger partial charge in [-0.1, -0.05) is 54.6 Å². The number of carbonyl (C=O) groups is 1. The SMILES string of the molecule is O=C(NCc1nnc2n1CCN(Cc1ccc(-c3ccccc3)cc1)CC2)C1CCOC1. The highest BCUT2D eigenvalue weighted by Crippen LogP contribution is 2.20. The lowest BCUT2D eigenvalue weighted by molar-refractivity contribution is -0.125. The molecule has 3 aromatic rings. The van der Waals surface area contributed by atoms with Crippen LogP contribution in [0.2, 0.25) is 0 Å². The van der Waals surface area contributed by atoms with Crippen LogP contribution in [0.15, 0.2) is 54.6 Å². The largest absolute Gasteiger partial charge is 0.381 e. The second-order valence-electron chi connectivity index (χ2n) is 8.55. The number of carbonyl (C=O) groups excluding carboxylic acids is 1. The molecule has 1 amide bonds. The Hall–Kier alpha value is -3.03. The number of ether oxygens (including phenoxy) is 1. The van der Waals surface area contributed by atoms with Gasteiger partial charge < -0.3 is 14.6 Å². The van der Waals surface area contributed by atoms with Crippen LogP contribution in [-0.2, 0) is 35.6 Å². The molecule has 0 bridgehead atoms. The van der Waals surface area contributed by atoms with Crippen molar-refractivity contribution in [3.63, 3.8) is 0 Å². The molecule has 7 heteroatoms. The average Bonchev–Trinajstić information content (AvgIpc) is 3.47. The molecular formula is C25H29N5O2. The predicted molar refractivity (Wildman–Crippen MR) is 122 cm³/mol. The van der Waals surface area contributed by atoms with Crippen molar-refractivity contribution in [2.45, 2.75) is 32.5 Å². The second kappa shape index (κ2) is 9.63. The first-order chi connectivity index (χ1) is 15.8. The standard InChI is InChI=1S/C25H29N5O2/c31-25(22-11-15-32-18-22)26-16-24-28-27-23-10-12-29(13-14-30(23)24)17-19-6-8-21(9-7-19)20-4-2-1-3-5-20/h1-9,22H,10-18H2,(H,26,31). The van der Waals surface area contributed by atoms with Crippen molar-refractivity contribution in [1.82, 2.24) is 25.0 Å². The minimum absolute atomic E-state index is 0.0368. The summed E-state index contributed by atoms with van der Waals surface area (Å²) in [4.78, 5) is 14.8. The van der Waals surface area contributed by atoms with Gasteiger partial charge in [0, 0.05) is 39.2 Å². The Kier molecular flexibility index (Phi) is 6.27. The van der Waals surface area contributed by atoms with Gasteiger partial charge in [-0.2, -0.15) is 0 Å². The van der Waals surface area contributed by atoms with E-state index in [0.717, 1.165) is 50.7 Å². The zero-order valence-corrected chi connectivity index (χ0v) is 18.2. The van der Waals surface area contributed by atoms with Gasteiger partial charge in [0.15, 0.2) is 5.82 Å². The van der Waals surface area contributed by atoms with Crippen LogP contribution in [0.3, 0.4) is 0 Å². The molecule has 1 saturated heterocycles. The van der Waals surface area contributed by atoms with Crippen LogP contribution in [-0.4, -0.2) is 51.9 Å². The third kappa shape index (κ3) is 4.74. The van der Waals surface area contributed by atoms with Crippen molar-refractivity contribution < 1.29 is 9.53 Å². The van der Waals surface area contributed by atoms with Crippen LogP contribution < -0.4 is 5.32 Å². The third-order valence-electron chi connectivity index (χ3n) is 6.38. The summed E-state index contributed by atoms with van der Waals surface area (Å²) in [7, 11) is 0. The number of amides is 1. The van der Waals surface area contributed by atoms with E-state index in [-0.39, 0.29) is 11.8 Å². The lowest BCUT2D eigenvalue weighted by atomic mass is 10.0. The maximum atomic E-state index is 12.3. The number of fused-ring (bicyclic) bond motifs is 1. The van der Waals surface area contributed by atoms with Crippen molar-refractivity contribution in [1.29, 1.82) is 0 Å². The Labute approximate surface area is 188 Å². The fraction of sp³-hybridized carbons (Fsp3) is 0.400. The van der Waals surface area contributed by atoms with E-state index in [4.69, 9.17) is 4.74 Å². The molecule has 2 aromatic carbocycles. The summed E-state index contributed by atoms with van der Waals surface area (Å²) < 4.78 is 7.48. The summed E-state index contributed by atoms with van der Waals surface area (Å²) in [5, 5.41) is 11.7. The molecule has 1 atom stereocenters. The van der Waals surface area contributed by atoms with Crippen LogP contribution in [0.4, 0.5) is 0 Å². The Bertz CT molecular complexity index is 1040. The van der Waals surface area contributed by atoms with Crippen molar-refractivity contribution in [2.24, 2.45) is 5.92 Å². The van der Waals surface area contributed by atoms with E-state index in [1.54, 1.807) is 0 Å². The quantitative estimate of drug-likeness (QED) is 0.650. The van der Waals surface area contributed by atoms with Crippen LogP contribution in [0, 0.1) is 5.92 Å². The topological polar surface area (TPSA) is 72.3 Å². The maximum Gasteiger partial charge on any atom is 0.225 e. The summed E-state index contributed by atoms with van der Waals surface area (Å²) in [6.07, 6.45) is 1.66. The predicted octanol–water partition coefficient (Wildman–Crippen LogP) is 2.66. The van der Waals surface area contributed by atoms with E-state index >= 15 is 0 Å². The molecule has 0 saturated carbocycles. The van der Waals surface area contributed by atoms with Gasteiger partial charge in [-0.05, 0) is 23.1 Å². The number of hydrogen-bond donors (Lipinski definition) is 1. The number of nitrogens with one attached hydrogen (secondary N) is 1. The van der Waals surface area contributed by atoms with Gasteiger partial charge in [-0.15, -0.1) is 10.2 Å². The number of benzene rings is 2. The molecule has 0 radical (unpaired) electrons. The number of rotatable bonds is 6. The fourth-order valence-corrected chi connectivity index (χ4v) is 4.46. The van der Waals surface area contributed by atoms with Crippen molar-refractivity contribution in [3.05, 3.63) is 71.8 Å². The van der Waals surface area contributed by atoms with Gasteiger partial charge in [0.25, 0.3) is 0 Å². The first-order valence-corrected chi connectivity index (χ1v) is 11.4. The highest BCUT2D eigenvalue weighted by Gasteiger charge is 2.24. The molecule has 3 heterocycles. The van der Waals surface area contributed by atoms with Crippen LogP contribution >= 0.6 is 0 Å². The Morgan fingerprint density at radius 1 is 1.00 bits per heavy atom. The van der Waals surface area contributed by atoms with Gasteiger partial charge in [0.2, 0.25) is 5.91 Å². The second-order valence-corrected chi connectivity index (χ2v) is 8.55. The lowest BCUT2D eigenvalue weighted by Gasteiger charge is -2.20. The molecule has 1 N–H and O–H groups in total. The van der Waals surface area contributed by atoms with Gasteiger partial charge in [-0.3, -0.25) is 9.69 Å². The van der Waals surface area contributed by atoms with Gasteiger partial charge in [0.05, 0.1) is 19.1 Å². The van der Waals surface area contributed by atoms with Crippen molar-refractivity contribution in [3.8, 4) is 11.1 Å². The molecule has 1 fully saturated rings. The molecule has 1 unspecified atom stereocenters. The number of nitrogens with zero attached hydrogens (tertiary/aromatic N) is 4. The Balaban J connectivity index is 1.17. The fourth-order valence-electron chi connectivity index (χ4n) is 4.46. The molecule has 1 aromatic heterocycles. The van der Waals surface area contributed by atoms with Gasteiger partial charge in [-0.25, -0.2) is 0 Å². The third-order valence-corrected chi connectivity index (χ3v) is 6.38. The van der Waals surface area contributed by atoms with E-state index in [1.165, 1.54) is 16.7 Å². The highest BCUT2D eigenvalue weighted by molar-refractivity contribution is 5.78. The van der Waals surface area contributed by atoms with E-state index in [2.05, 4.69) is 73.5 Å². The van der Waals surface area contributed by atoms with Crippen LogP contribution in [0.5, 0.6) is 0 Å². The van der Waals surface area contributed by atoms with E-state index in [9.17, 15) is 4.79 Å². The zero-order valence-electron chi connectivity index (χ0n) is 18.2. The lowest BCUT2D eigenvalue weighted by Crippen LogP contribution is -2.32. The minimum Gasteiger partial charge on any atom is -0.381 e. The summed E-state index contributed by atoms with van der Waals surface area (Å²) in [5.41, 5.74) is 3.80. The summed E-state index contributed by atoms with van der Waals surface area (Å²) in [6, 6.07) is 19.3. The molecule has 0 spiro atoms. The van der Waals surface area contributed by atoms with E-state index in [0.29, 0.717) is 19.8 Å². The van der Waals surface area contributed by atoms with Crippen molar-refractivity contribution >= 4 is 5.91 Å². The molecule has 2 aliphatic rings. The van der Waals surface area contributed by atoms with Crippen LogP contribution in [0.25, 0.3) is 11.1 Å². The van der Waals surface area contributed by atoms with Crippen LogP contribution in [0.1, 0.15) is 23.6 Å². The molecule has 166 valence electrons. The smallest absolute Gasteiger partial charge is 0.225 e. The zero-order chi connectivity index (χ0) is 21.8. The van der Waals surface area contributed by atoms with Gasteiger partial charge in [0.1, 0.15) is 5.82 Å². The minimum atomic E-state index is -0.0368. The highest BCUT2D eigenvalue weighted by atomic mass is 16.5. The molecule has 2 aliphatic heterocycles. The van der Waals surface area contributed by atoms with Crippen molar-refractivity contribution in [2.75, 3.05) is 26.3 Å². The maximum absolute atomic E-state index is 12.3. The Morgan fingerprint density at radius 3 is 2.59 bits per heavy atom. The number of hydrogen-bond acceptors (Lipinski definition) is 5. The van der Waals surface area contributed by atoms with Gasteiger partial charge >= 0.3 is 0 Å². The average molecular weight is 432 g/mol. The van der Waals surface area contributed by atoms with E-state index < -0.39 is 0 Å². The first kappa shape index (κ1) is 20.8. The summed E-state index contributed by atoms with van der Waals surface area (Å²) in [5.74, 6) is 1.85.